The molecule has 0 radical (unpaired) electrons. The molecule has 1 heterocycles. The Kier molecular flexibility index (Phi) is 8.64. The molecule has 0 saturated carbocycles. The summed E-state index contributed by atoms with van der Waals surface area (Å²) in [6.45, 7) is 9.05. The first-order valence-corrected chi connectivity index (χ1v) is 12.5. The van der Waals surface area contributed by atoms with E-state index >= 15 is 0 Å². The highest BCUT2D eigenvalue weighted by Gasteiger charge is 2.52. The van der Waals surface area contributed by atoms with E-state index in [1.807, 2.05) is 68.4 Å². The highest BCUT2D eigenvalue weighted by molar-refractivity contribution is 5.90. The molecule has 2 amide bonds. The second kappa shape index (κ2) is 11.3. The van der Waals surface area contributed by atoms with Gasteiger partial charge in [-0.15, -0.1) is 0 Å². The lowest BCUT2D eigenvalue weighted by molar-refractivity contribution is -0.152. The lowest BCUT2D eigenvalue weighted by atomic mass is 9.89. The molecule has 1 aliphatic heterocycles. The number of rotatable bonds is 7. The molecule has 200 valence electrons. The molecule has 3 rings (SSSR count). The predicted molar refractivity (Wildman–Crippen MR) is 141 cm³/mol. The molecule has 2 aromatic carbocycles. The van der Waals surface area contributed by atoms with Gasteiger partial charge in [0.1, 0.15) is 23.3 Å². The number of methoxy groups -OCH3 is 2. The summed E-state index contributed by atoms with van der Waals surface area (Å²) in [6, 6.07) is 16.2. The van der Waals surface area contributed by atoms with Crippen LogP contribution in [0.1, 0.15) is 46.6 Å². The van der Waals surface area contributed by atoms with Gasteiger partial charge >= 0.3 is 12.1 Å². The maximum Gasteiger partial charge on any atom is 0.408 e. The van der Waals surface area contributed by atoms with Crippen LogP contribution in [0.3, 0.4) is 0 Å². The Morgan fingerprint density at radius 2 is 1.57 bits per heavy atom. The molecule has 0 unspecified atom stereocenters. The van der Waals surface area contributed by atoms with Crippen molar-refractivity contribution < 1.29 is 28.6 Å². The van der Waals surface area contributed by atoms with Crippen molar-refractivity contribution in [1.82, 2.24) is 10.2 Å². The van der Waals surface area contributed by atoms with Gasteiger partial charge in [-0.2, -0.15) is 0 Å². The van der Waals surface area contributed by atoms with Gasteiger partial charge in [0.15, 0.2) is 0 Å². The van der Waals surface area contributed by atoms with Crippen LogP contribution in [0.5, 0.6) is 0 Å². The molecule has 8 heteroatoms. The van der Waals surface area contributed by atoms with Gasteiger partial charge in [-0.25, -0.2) is 9.59 Å². The van der Waals surface area contributed by atoms with E-state index in [0.29, 0.717) is 0 Å². The third kappa shape index (κ3) is 6.49. The molecule has 1 fully saturated rings. The molecule has 0 spiro atoms. The summed E-state index contributed by atoms with van der Waals surface area (Å²) in [4.78, 5) is 40.6. The van der Waals surface area contributed by atoms with Crippen LogP contribution in [0.4, 0.5) is 4.79 Å². The van der Waals surface area contributed by atoms with Gasteiger partial charge in [0, 0.05) is 13.5 Å². The van der Waals surface area contributed by atoms with Crippen LogP contribution < -0.4 is 5.32 Å². The monoisotopic (exact) mass is 510 g/mol. The van der Waals surface area contributed by atoms with Gasteiger partial charge in [0.05, 0.1) is 13.7 Å². The summed E-state index contributed by atoms with van der Waals surface area (Å²) >= 11 is 0. The minimum Gasteiger partial charge on any atom is -0.467 e. The van der Waals surface area contributed by atoms with E-state index in [0.717, 1.165) is 16.7 Å². The molecule has 37 heavy (non-hydrogen) atoms. The molecule has 1 aliphatic rings. The van der Waals surface area contributed by atoms with E-state index in [9.17, 15) is 14.4 Å². The van der Waals surface area contributed by atoms with Crippen LogP contribution in [0.2, 0.25) is 0 Å². The minimum absolute atomic E-state index is 0.131. The minimum atomic E-state index is -0.919. The summed E-state index contributed by atoms with van der Waals surface area (Å²) < 4.78 is 16.4. The number of benzene rings is 2. The second-order valence-electron chi connectivity index (χ2n) is 10.7. The Labute approximate surface area is 219 Å². The number of nitrogens with zero attached hydrogens (tertiary/aromatic N) is 1. The summed E-state index contributed by atoms with van der Waals surface area (Å²) in [5.41, 5.74) is 1.35. The summed E-state index contributed by atoms with van der Waals surface area (Å²) in [5.74, 6) is -1.18. The summed E-state index contributed by atoms with van der Waals surface area (Å²) in [5, 5.41) is 2.69. The average Bonchev–Trinajstić information content (AvgIpc) is 3.27. The quantitative estimate of drug-likeness (QED) is 0.551. The van der Waals surface area contributed by atoms with Gasteiger partial charge in [-0.1, -0.05) is 68.4 Å². The largest absolute Gasteiger partial charge is 0.467 e. The van der Waals surface area contributed by atoms with Gasteiger partial charge in [0.2, 0.25) is 5.91 Å². The van der Waals surface area contributed by atoms with Crippen molar-refractivity contribution in [2.24, 2.45) is 5.92 Å². The van der Waals surface area contributed by atoms with Crippen LogP contribution in [-0.4, -0.2) is 61.3 Å². The first-order chi connectivity index (χ1) is 17.4. The number of amides is 2. The fraction of sp³-hybridized carbons (Fsp3) is 0.483. The molecule has 3 atom stereocenters. The lowest BCUT2D eigenvalue weighted by Crippen LogP contribution is -2.54. The van der Waals surface area contributed by atoms with Crippen molar-refractivity contribution >= 4 is 18.0 Å². The van der Waals surface area contributed by atoms with Crippen LogP contribution in [0.25, 0.3) is 11.1 Å². The molecule has 0 aliphatic carbocycles. The van der Waals surface area contributed by atoms with Crippen molar-refractivity contribution in [1.29, 1.82) is 0 Å². The number of ether oxygens (including phenoxy) is 3. The number of carbonyl (C=O) groups excluding carboxylic acids is 3. The van der Waals surface area contributed by atoms with Gasteiger partial charge < -0.3 is 24.4 Å². The van der Waals surface area contributed by atoms with Gasteiger partial charge in [-0.05, 0) is 43.4 Å². The highest BCUT2D eigenvalue weighted by Crippen LogP contribution is 2.40. The number of carbonyl (C=O) groups is 3. The normalized spacial score (nSPS) is 20.4. The Morgan fingerprint density at radius 1 is 0.973 bits per heavy atom. The lowest BCUT2D eigenvalue weighted by Gasteiger charge is -2.32. The van der Waals surface area contributed by atoms with Crippen molar-refractivity contribution in [3.8, 4) is 11.1 Å². The number of esters is 1. The molecule has 1 N–H and O–H groups in total. The Morgan fingerprint density at radius 3 is 2.08 bits per heavy atom. The van der Waals surface area contributed by atoms with Crippen LogP contribution in [0, 0.1) is 5.92 Å². The Hall–Kier alpha value is -3.39. The van der Waals surface area contributed by atoms with E-state index in [2.05, 4.69) is 5.32 Å². The molecule has 8 nitrogen and oxygen atoms in total. The van der Waals surface area contributed by atoms with Crippen LogP contribution in [0.15, 0.2) is 54.6 Å². The number of nitrogens with one attached hydrogen (secondary N) is 1. The maximum atomic E-state index is 13.8. The number of alkyl carbamates (subject to hydrolysis) is 1. The first kappa shape index (κ1) is 28.2. The smallest absolute Gasteiger partial charge is 0.408 e. The number of hydrogen-bond acceptors (Lipinski definition) is 6. The van der Waals surface area contributed by atoms with Gasteiger partial charge in [0.25, 0.3) is 0 Å². The molecule has 0 bridgehead atoms. The Bertz CT molecular complexity index is 1090. The molecular weight excluding hydrogens is 472 g/mol. The topological polar surface area (TPSA) is 94.2 Å². The van der Waals surface area contributed by atoms with Crippen LogP contribution >= 0.6 is 0 Å². The zero-order valence-corrected chi connectivity index (χ0v) is 22.7. The zero-order valence-electron chi connectivity index (χ0n) is 22.7. The first-order valence-electron chi connectivity index (χ1n) is 12.5. The van der Waals surface area contributed by atoms with Crippen molar-refractivity contribution in [3.63, 3.8) is 0 Å². The number of hydrogen-bond donors (Lipinski definition) is 1. The zero-order chi connectivity index (χ0) is 27.4. The van der Waals surface area contributed by atoms with E-state index < -0.39 is 41.3 Å². The third-order valence-corrected chi connectivity index (χ3v) is 6.60. The van der Waals surface area contributed by atoms with E-state index in [1.165, 1.54) is 12.0 Å². The van der Waals surface area contributed by atoms with Crippen molar-refractivity contribution in [3.05, 3.63) is 60.2 Å². The summed E-state index contributed by atoms with van der Waals surface area (Å²) in [6.07, 6.45) is -0.466. The fourth-order valence-electron chi connectivity index (χ4n) is 4.65. The number of likely N-dealkylation sites (tertiary alicyclic amines) is 1. The fourth-order valence-corrected chi connectivity index (χ4v) is 4.65. The standard InChI is InChI=1S/C29H38N2O6/c1-19(2)24(30-27(34)37-28(3,4)5)25(32)31-18-29(36-7,17-23(31)26(33)35-6)22-15-13-21(14-16-22)20-11-9-8-10-12-20/h8-16,19,23-24H,17-18H2,1-7H3,(H,30,34)/t23-,24-,29-/m0/s1. The molecule has 0 aromatic heterocycles. The predicted octanol–water partition coefficient (Wildman–Crippen LogP) is 4.52. The third-order valence-electron chi connectivity index (χ3n) is 6.60. The van der Waals surface area contributed by atoms with Crippen molar-refractivity contribution in [2.75, 3.05) is 20.8 Å². The van der Waals surface area contributed by atoms with E-state index in [-0.39, 0.29) is 18.9 Å². The second-order valence-corrected chi connectivity index (χ2v) is 10.7. The Balaban J connectivity index is 1.91. The van der Waals surface area contributed by atoms with E-state index in [1.54, 1.807) is 27.9 Å². The molecule has 2 aromatic rings. The molecule has 1 saturated heterocycles. The summed E-state index contributed by atoms with van der Waals surface area (Å²) in [7, 11) is 2.87. The van der Waals surface area contributed by atoms with E-state index in [4.69, 9.17) is 14.2 Å². The maximum absolute atomic E-state index is 13.8. The van der Waals surface area contributed by atoms with Crippen LogP contribution in [-0.2, 0) is 29.4 Å². The average molecular weight is 511 g/mol. The molecular formula is C29H38N2O6. The van der Waals surface area contributed by atoms with Crippen molar-refractivity contribution in [2.45, 2.75) is 64.3 Å². The SMILES string of the molecule is COC(=O)[C@@H]1C[C@@](OC)(c2ccc(-c3ccccc3)cc2)CN1C(=O)[C@@H](NC(=O)OC(C)(C)C)C(C)C. The van der Waals surface area contributed by atoms with Gasteiger partial charge in [-0.3, -0.25) is 4.79 Å². The highest BCUT2D eigenvalue weighted by atomic mass is 16.6.